The minimum Gasteiger partial charge on any atom is -0.309 e. The van der Waals surface area contributed by atoms with E-state index in [9.17, 15) is 10.5 Å². The van der Waals surface area contributed by atoms with Gasteiger partial charge in [0.25, 0.3) is 0 Å². The van der Waals surface area contributed by atoms with Crippen molar-refractivity contribution in [1.29, 1.82) is 10.5 Å². The highest BCUT2D eigenvalue weighted by Gasteiger charge is 2.19. The molecule has 6 heteroatoms. The zero-order valence-electron chi connectivity index (χ0n) is 26.3. The molecule has 0 fully saturated rings. The second-order valence-electron chi connectivity index (χ2n) is 12.8. The van der Waals surface area contributed by atoms with Gasteiger partial charge in [-0.1, -0.05) is 42.5 Å². The summed E-state index contributed by atoms with van der Waals surface area (Å²) in [6, 6.07) is 51.8. The Bertz CT molecular complexity index is 3280. The van der Waals surface area contributed by atoms with Crippen LogP contribution in [-0.4, -0.2) is 9.13 Å². The van der Waals surface area contributed by atoms with E-state index in [1.54, 1.807) is 0 Å². The number of benzene rings is 7. The quantitative estimate of drug-likeness (QED) is 0.184. The summed E-state index contributed by atoms with van der Waals surface area (Å²) in [4.78, 5) is 0. The van der Waals surface area contributed by atoms with Crippen LogP contribution in [0.1, 0.15) is 11.1 Å². The molecule has 0 aliphatic carbocycles. The van der Waals surface area contributed by atoms with E-state index in [0.717, 1.165) is 33.2 Å². The molecule has 4 aromatic heterocycles. The van der Waals surface area contributed by atoms with E-state index in [1.807, 2.05) is 59.1 Å². The first kappa shape index (κ1) is 27.5. The summed E-state index contributed by atoms with van der Waals surface area (Å²) >= 11 is 3.69. The minimum absolute atomic E-state index is 0.601. The lowest BCUT2D eigenvalue weighted by Crippen LogP contribution is -1.94. The molecule has 50 heavy (non-hydrogen) atoms. The van der Waals surface area contributed by atoms with Crippen molar-refractivity contribution in [3.8, 4) is 23.5 Å². The molecule has 4 heterocycles. The van der Waals surface area contributed by atoms with Gasteiger partial charge in [-0.3, -0.25) is 0 Å². The van der Waals surface area contributed by atoms with Gasteiger partial charge in [0.15, 0.2) is 0 Å². The predicted octanol–water partition coefficient (Wildman–Crippen LogP) is 12.4. The van der Waals surface area contributed by atoms with Gasteiger partial charge in [0, 0.05) is 73.3 Å². The summed E-state index contributed by atoms with van der Waals surface area (Å²) in [5.74, 6) is 0. The number of rotatable bonds is 2. The van der Waals surface area contributed by atoms with Crippen molar-refractivity contribution in [2.24, 2.45) is 0 Å². The van der Waals surface area contributed by atoms with Crippen LogP contribution < -0.4 is 0 Å². The van der Waals surface area contributed by atoms with Crippen LogP contribution in [0, 0.1) is 22.7 Å². The van der Waals surface area contributed by atoms with Crippen molar-refractivity contribution in [3.63, 3.8) is 0 Å². The Morgan fingerprint density at radius 2 is 0.940 bits per heavy atom. The van der Waals surface area contributed by atoms with Crippen molar-refractivity contribution >= 4 is 107 Å². The molecule has 0 spiro atoms. The number of para-hydroxylation sites is 1. The van der Waals surface area contributed by atoms with Gasteiger partial charge in [0.1, 0.15) is 0 Å². The maximum Gasteiger partial charge on any atom is 0.0991 e. The zero-order chi connectivity index (χ0) is 33.1. The first-order valence-electron chi connectivity index (χ1n) is 16.4. The van der Waals surface area contributed by atoms with Gasteiger partial charge in [0.05, 0.1) is 45.3 Å². The lowest BCUT2D eigenvalue weighted by Gasteiger charge is -2.10. The summed E-state index contributed by atoms with van der Waals surface area (Å²) < 4.78 is 9.80. The molecule has 4 nitrogen and oxygen atoms in total. The first-order chi connectivity index (χ1) is 24.7. The highest BCUT2D eigenvalue weighted by molar-refractivity contribution is 7.27. The Morgan fingerprint density at radius 3 is 1.60 bits per heavy atom. The molecule has 0 saturated carbocycles. The molecule has 0 unspecified atom stereocenters. The van der Waals surface area contributed by atoms with E-state index in [-0.39, 0.29) is 0 Å². The fraction of sp³-hybridized carbons (Fsp3) is 0. The molecule has 0 N–H and O–H groups in total. The number of aromatic nitrogens is 2. The SMILES string of the molecule is N#Cc1ccc2c(c1)c1cc(C#N)ccc1n2-c1ccc2sc3ccc(-n4c5ccccc5c5c6sc7ccccc7c6ccc54)cc3c2c1. The van der Waals surface area contributed by atoms with Crippen LogP contribution in [0.4, 0.5) is 0 Å². The highest BCUT2D eigenvalue weighted by atomic mass is 32.1. The molecule has 0 bridgehead atoms. The highest BCUT2D eigenvalue weighted by Crippen LogP contribution is 2.44. The summed E-state index contributed by atoms with van der Waals surface area (Å²) in [7, 11) is 0. The van der Waals surface area contributed by atoms with Crippen molar-refractivity contribution in [1.82, 2.24) is 9.13 Å². The Labute approximate surface area is 293 Å². The second-order valence-corrected chi connectivity index (χ2v) is 14.9. The second kappa shape index (κ2) is 10.0. The van der Waals surface area contributed by atoms with Gasteiger partial charge in [-0.05, 0) is 91.0 Å². The third kappa shape index (κ3) is 3.67. The number of thiophene rings is 2. The molecule has 11 aromatic rings. The zero-order valence-corrected chi connectivity index (χ0v) is 27.9. The molecule has 7 aromatic carbocycles. The average Bonchev–Trinajstić information content (AvgIpc) is 3.91. The molecule has 11 rings (SSSR count). The van der Waals surface area contributed by atoms with Crippen LogP contribution in [0.2, 0.25) is 0 Å². The average molecular weight is 671 g/mol. The van der Waals surface area contributed by atoms with Gasteiger partial charge in [-0.15, -0.1) is 22.7 Å². The third-order valence-corrected chi connectivity index (χ3v) is 12.5. The largest absolute Gasteiger partial charge is 0.309 e. The van der Waals surface area contributed by atoms with E-state index < -0.39 is 0 Å². The lowest BCUT2D eigenvalue weighted by atomic mass is 10.1. The summed E-state index contributed by atoms with van der Waals surface area (Å²) in [6.45, 7) is 0. The topological polar surface area (TPSA) is 57.4 Å². The lowest BCUT2D eigenvalue weighted by molar-refractivity contribution is 1.18. The van der Waals surface area contributed by atoms with E-state index in [2.05, 4.69) is 118 Å². The van der Waals surface area contributed by atoms with E-state index >= 15 is 0 Å². The maximum atomic E-state index is 9.66. The molecular weight excluding hydrogens is 649 g/mol. The predicted molar refractivity (Wildman–Crippen MR) is 210 cm³/mol. The Kier molecular flexibility index (Phi) is 5.52. The molecule has 0 aliphatic heterocycles. The van der Waals surface area contributed by atoms with Gasteiger partial charge < -0.3 is 9.13 Å². The van der Waals surface area contributed by atoms with Gasteiger partial charge >= 0.3 is 0 Å². The van der Waals surface area contributed by atoms with Gasteiger partial charge in [-0.25, -0.2) is 0 Å². The molecular formula is C44H22N4S2. The van der Waals surface area contributed by atoms with Crippen molar-refractivity contribution in [3.05, 3.63) is 145 Å². The number of fused-ring (bicyclic) bond motifs is 13. The van der Waals surface area contributed by atoms with E-state index in [1.165, 1.54) is 62.2 Å². The number of hydrogen-bond acceptors (Lipinski definition) is 4. The molecule has 0 aliphatic rings. The molecule has 230 valence electrons. The number of nitrogens with zero attached hydrogens (tertiary/aromatic N) is 4. The Morgan fingerprint density at radius 1 is 0.400 bits per heavy atom. The number of hydrogen-bond donors (Lipinski definition) is 0. The van der Waals surface area contributed by atoms with Crippen molar-refractivity contribution in [2.45, 2.75) is 0 Å². The minimum atomic E-state index is 0.601. The summed E-state index contributed by atoms with van der Waals surface area (Å²) in [6.07, 6.45) is 0. The van der Waals surface area contributed by atoms with Crippen LogP contribution in [-0.2, 0) is 0 Å². The molecule has 0 saturated heterocycles. The van der Waals surface area contributed by atoms with E-state index in [0.29, 0.717) is 11.1 Å². The fourth-order valence-electron chi connectivity index (χ4n) is 7.99. The number of nitriles is 2. The fourth-order valence-corrected chi connectivity index (χ4v) is 10.3. The van der Waals surface area contributed by atoms with Crippen LogP contribution in [0.5, 0.6) is 0 Å². The molecule has 0 radical (unpaired) electrons. The summed E-state index contributed by atoms with van der Waals surface area (Å²) in [5.41, 5.74) is 7.81. The monoisotopic (exact) mass is 670 g/mol. The van der Waals surface area contributed by atoms with Gasteiger partial charge in [0.2, 0.25) is 0 Å². The van der Waals surface area contributed by atoms with Crippen LogP contribution >= 0.6 is 22.7 Å². The van der Waals surface area contributed by atoms with E-state index in [4.69, 9.17) is 0 Å². The Hall–Kier alpha value is -6.44. The molecule has 0 amide bonds. The van der Waals surface area contributed by atoms with Crippen LogP contribution in [0.3, 0.4) is 0 Å². The van der Waals surface area contributed by atoms with Gasteiger partial charge in [-0.2, -0.15) is 10.5 Å². The smallest absolute Gasteiger partial charge is 0.0991 e. The van der Waals surface area contributed by atoms with Crippen LogP contribution in [0.15, 0.2) is 133 Å². The molecule has 0 atom stereocenters. The van der Waals surface area contributed by atoms with Crippen molar-refractivity contribution in [2.75, 3.05) is 0 Å². The normalized spacial score (nSPS) is 12.0. The Balaban J connectivity index is 1.16. The van der Waals surface area contributed by atoms with Crippen LogP contribution in [0.25, 0.3) is 95.3 Å². The standard InChI is InChI=1S/C44H22N4S2/c45-23-25-9-14-37-32(19-25)33-20-26(24-46)10-15-38(33)47(37)27-11-17-41-34(21-27)35-22-28(12-18-42(35)49-41)48-36-7-3-1-6-31(36)43-39(48)16-13-30-29-5-2-4-8-40(29)50-44(30)43/h1-22H. The first-order valence-corrected chi connectivity index (χ1v) is 18.0. The third-order valence-electron chi connectivity index (χ3n) is 10.2. The van der Waals surface area contributed by atoms with Crippen molar-refractivity contribution < 1.29 is 0 Å². The maximum absolute atomic E-state index is 9.66. The summed E-state index contributed by atoms with van der Waals surface area (Å²) in [5, 5.41) is 28.9.